The van der Waals surface area contributed by atoms with Gasteiger partial charge in [-0.3, -0.25) is 6.08 Å². The molecular formula is C14H30Cl2NSiTi. The Morgan fingerprint density at radius 3 is 1.37 bits per heavy atom. The summed E-state index contributed by atoms with van der Waals surface area (Å²) in [6, 6.07) is 0. The van der Waals surface area contributed by atoms with Crippen molar-refractivity contribution in [3.05, 3.63) is 28.5 Å². The molecule has 0 bridgehead atoms. The average molecular weight is 359 g/mol. The molecule has 0 fully saturated rings. The molecule has 0 aromatic heterocycles. The molecule has 0 heterocycles. The van der Waals surface area contributed by atoms with Crippen LogP contribution in [0.25, 0.3) is 5.73 Å². The molecule has 0 aromatic carbocycles. The second-order valence-electron chi connectivity index (χ2n) is 5.05. The van der Waals surface area contributed by atoms with Crippen LogP contribution in [-0.4, -0.2) is 15.8 Å². The minimum atomic E-state index is -0.250. The van der Waals surface area contributed by atoms with Crippen molar-refractivity contribution in [2.24, 2.45) is 5.92 Å². The van der Waals surface area contributed by atoms with Gasteiger partial charge in [0.1, 0.15) is 0 Å². The summed E-state index contributed by atoms with van der Waals surface area (Å²) in [5, 5.41) is 0. The maximum absolute atomic E-state index is 6.94. The van der Waals surface area contributed by atoms with Crippen LogP contribution in [0.4, 0.5) is 0 Å². The van der Waals surface area contributed by atoms with Gasteiger partial charge < -0.3 is 5.73 Å². The molecule has 5 heteroatoms. The van der Waals surface area contributed by atoms with Crippen LogP contribution in [0, 0.1) is 12.0 Å². The van der Waals surface area contributed by atoms with Gasteiger partial charge in [0, 0.05) is 10.2 Å². The van der Waals surface area contributed by atoms with Gasteiger partial charge in [-0.05, 0) is 0 Å². The zero-order valence-electron chi connectivity index (χ0n) is 13.6. The molecule has 0 aromatic rings. The second kappa shape index (κ2) is 15.3. The normalized spacial score (nSPS) is 16.3. The van der Waals surface area contributed by atoms with Gasteiger partial charge in [0.25, 0.3) is 0 Å². The first-order chi connectivity index (χ1) is 7.13. The van der Waals surface area contributed by atoms with Crippen LogP contribution in [0.2, 0.25) is 6.55 Å². The minimum Gasteiger partial charge on any atom is -0.673 e. The third-order valence-electron chi connectivity index (χ3n) is 2.24. The van der Waals surface area contributed by atoms with Gasteiger partial charge in [-0.15, -0.1) is 37.3 Å². The van der Waals surface area contributed by atoms with Crippen LogP contribution in [-0.2, 0) is 21.7 Å². The van der Waals surface area contributed by atoms with E-state index in [9.17, 15) is 0 Å². The largest absolute Gasteiger partial charge is 2.00 e. The SMILES string of the molecule is CC(C)(C)[NH-].CC1=[C-]C(C)C(C)=C1C.C[SiH2].Cl.Cl.[Ti+2]. The molecule has 19 heavy (non-hydrogen) atoms. The summed E-state index contributed by atoms with van der Waals surface area (Å²) in [7, 11) is 1.86. The fourth-order valence-corrected chi connectivity index (χ4v) is 1.16. The molecule has 1 nitrogen and oxygen atoms in total. The fraction of sp³-hybridized carbons (Fsp3) is 0.714. The zero-order valence-corrected chi connectivity index (χ0v) is 18.2. The Morgan fingerprint density at radius 1 is 1.05 bits per heavy atom. The summed E-state index contributed by atoms with van der Waals surface area (Å²) in [5.41, 5.74) is 10.9. The van der Waals surface area contributed by atoms with E-state index < -0.39 is 0 Å². The van der Waals surface area contributed by atoms with E-state index in [0.29, 0.717) is 5.92 Å². The number of allylic oxidation sites excluding steroid dienone is 4. The first-order valence-electron chi connectivity index (χ1n) is 5.86. The van der Waals surface area contributed by atoms with E-state index in [1.54, 1.807) is 0 Å². The van der Waals surface area contributed by atoms with Crippen molar-refractivity contribution in [1.82, 2.24) is 0 Å². The first-order valence-corrected chi connectivity index (χ1v) is 7.28. The maximum Gasteiger partial charge on any atom is 2.00 e. The molecule has 0 spiro atoms. The molecule has 1 N–H and O–H groups in total. The Kier molecular flexibility index (Phi) is 25.9. The molecule has 0 aliphatic heterocycles. The van der Waals surface area contributed by atoms with Gasteiger partial charge in [-0.2, -0.15) is 11.1 Å². The standard InChI is InChI=1S/C9H13.C4H10N.CH5Si.2ClH.Ti/c1-6-5-7(2)9(4)8(6)3;1-4(2,3)5;1-2;;;/h6H,1-4H3;5H,1-3H3;2H2,1H3;2*1H;/q2*-1;;;;+2. The quantitative estimate of drug-likeness (QED) is 0.426. The van der Waals surface area contributed by atoms with Crippen molar-refractivity contribution < 1.29 is 21.7 Å². The first kappa shape index (κ1) is 32.1. The number of hydrogen-bond acceptors (Lipinski definition) is 0. The Labute approximate surface area is 151 Å². The Balaban J connectivity index is -0.0000000581. The van der Waals surface area contributed by atoms with Crippen molar-refractivity contribution in [2.75, 3.05) is 0 Å². The number of halogens is 2. The summed E-state index contributed by atoms with van der Waals surface area (Å²) in [6.07, 6.45) is 3.36. The van der Waals surface area contributed by atoms with Gasteiger partial charge in [0.15, 0.2) is 0 Å². The molecule has 0 amide bonds. The average Bonchev–Trinajstić information content (AvgIpc) is 2.34. The molecule has 1 aliphatic rings. The summed E-state index contributed by atoms with van der Waals surface area (Å²) in [5.74, 6) is 0.560. The van der Waals surface area contributed by atoms with Crippen molar-refractivity contribution in [2.45, 2.75) is 60.6 Å². The van der Waals surface area contributed by atoms with Crippen LogP contribution in [0.3, 0.4) is 0 Å². The Bertz CT molecular complexity index is 265. The second-order valence-corrected chi connectivity index (χ2v) is 5.05. The van der Waals surface area contributed by atoms with Crippen LogP contribution in [0.1, 0.15) is 48.5 Å². The summed E-state index contributed by atoms with van der Waals surface area (Å²) >= 11 is 0. The number of hydrogen-bond donors (Lipinski definition) is 0. The van der Waals surface area contributed by atoms with Crippen LogP contribution >= 0.6 is 24.8 Å². The maximum atomic E-state index is 6.94. The summed E-state index contributed by atoms with van der Waals surface area (Å²) < 4.78 is 0. The topological polar surface area (TPSA) is 23.8 Å². The summed E-state index contributed by atoms with van der Waals surface area (Å²) in [4.78, 5) is 0. The van der Waals surface area contributed by atoms with E-state index >= 15 is 0 Å². The van der Waals surface area contributed by atoms with E-state index in [-0.39, 0.29) is 52.1 Å². The van der Waals surface area contributed by atoms with E-state index in [4.69, 9.17) is 5.73 Å². The molecule has 1 unspecified atom stereocenters. The van der Waals surface area contributed by atoms with Crippen molar-refractivity contribution >= 4 is 35.1 Å². The predicted octanol–water partition coefficient (Wildman–Crippen LogP) is 5.07. The van der Waals surface area contributed by atoms with Crippen molar-refractivity contribution in [3.8, 4) is 0 Å². The third kappa shape index (κ3) is 19.0. The smallest absolute Gasteiger partial charge is 0.673 e. The van der Waals surface area contributed by atoms with E-state index in [1.165, 1.54) is 16.7 Å². The molecule has 1 rings (SSSR count). The van der Waals surface area contributed by atoms with Gasteiger partial charge in [0.2, 0.25) is 0 Å². The van der Waals surface area contributed by atoms with Gasteiger partial charge in [-0.1, -0.05) is 54.0 Å². The molecule has 1 aliphatic carbocycles. The number of nitrogens with one attached hydrogen (secondary N) is 1. The molecule has 1 atom stereocenters. The monoisotopic (exact) mass is 358 g/mol. The van der Waals surface area contributed by atoms with Crippen molar-refractivity contribution in [1.29, 1.82) is 0 Å². The van der Waals surface area contributed by atoms with Gasteiger partial charge in [-0.25, -0.2) is 5.57 Å². The number of rotatable bonds is 0. The molecule has 1 radical (unpaired) electrons. The fourth-order valence-electron chi connectivity index (χ4n) is 1.16. The van der Waals surface area contributed by atoms with Gasteiger partial charge in [0.05, 0.1) is 0 Å². The summed E-state index contributed by atoms with van der Waals surface area (Å²) in [6.45, 7) is 16.3. The minimum absolute atomic E-state index is 0. The van der Waals surface area contributed by atoms with E-state index in [0.717, 1.165) is 0 Å². The van der Waals surface area contributed by atoms with E-state index in [2.05, 4.69) is 33.8 Å². The third-order valence-corrected chi connectivity index (χ3v) is 2.24. The van der Waals surface area contributed by atoms with Gasteiger partial charge >= 0.3 is 21.7 Å². The van der Waals surface area contributed by atoms with Crippen LogP contribution < -0.4 is 0 Å². The Morgan fingerprint density at radius 2 is 1.32 bits per heavy atom. The molecular weight excluding hydrogens is 329 g/mol. The molecule has 0 saturated heterocycles. The van der Waals surface area contributed by atoms with Crippen LogP contribution in [0.15, 0.2) is 16.7 Å². The molecule has 0 saturated carbocycles. The Hall–Kier alpha value is 0.951. The molecule has 113 valence electrons. The van der Waals surface area contributed by atoms with E-state index in [1.807, 2.05) is 37.6 Å². The van der Waals surface area contributed by atoms with Crippen molar-refractivity contribution in [3.63, 3.8) is 0 Å². The predicted molar refractivity (Wildman–Crippen MR) is 92.9 cm³/mol. The van der Waals surface area contributed by atoms with Crippen LogP contribution in [0.5, 0.6) is 0 Å². The zero-order chi connectivity index (χ0) is 13.5.